The van der Waals surface area contributed by atoms with Crippen LogP contribution in [0, 0.1) is 17.3 Å². The van der Waals surface area contributed by atoms with Crippen molar-refractivity contribution in [3.63, 3.8) is 0 Å². The Labute approximate surface area is 115 Å². The first-order valence-corrected chi connectivity index (χ1v) is 7.64. The molecule has 3 rings (SSSR count). The Bertz CT molecular complexity index is 472. The maximum Gasteiger partial charge on any atom is 0.161 e. The van der Waals surface area contributed by atoms with E-state index >= 15 is 0 Å². The van der Waals surface area contributed by atoms with Crippen molar-refractivity contribution >= 4 is 5.78 Å². The largest absolute Gasteiger partial charge is 0.395 e. The van der Waals surface area contributed by atoms with E-state index in [2.05, 4.69) is 13.0 Å². The summed E-state index contributed by atoms with van der Waals surface area (Å²) in [6.45, 7) is 4.35. The van der Waals surface area contributed by atoms with Crippen LogP contribution >= 0.6 is 0 Å². The summed E-state index contributed by atoms with van der Waals surface area (Å²) in [7, 11) is 0. The first kappa shape index (κ1) is 13.1. The molecular formula is C17H24O2. The number of Topliss-reactive ketones (excluding diaryl/α,β-unsaturated/α-hetero) is 1. The summed E-state index contributed by atoms with van der Waals surface area (Å²) >= 11 is 0. The lowest BCUT2D eigenvalue weighted by Crippen LogP contribution is -2.41. The highest BCUT2D eigenvalue weighted by Crippen LogP contribution is 2.55. The number of carbonyl (C=O) groups excluding carboxylic acids is 1. The molecule has 0 aliphatic heterocycles. The minimum absolute atomic E-state index is 0.0345. The van der Waals surface area contributed by atoms with Gasteiger partial charge in [-0.15, -0.1) is 0 Å². The van der Waals surface area contributed by atoms with Crippen molar-refractivity contribution in [1.29, 1.82) is 0 Å². The fourth-order valence-corrected chi connectivity index (χ4v) is 4.53. The highest BCUT2D eigenvalue weighted by molar-refractivity contribution is 5.98. The molecule has 1 fully saturated rings. The average molecular weight is 260 g/mol. The summed E-state index contributed by atoms with van der Waals surface area (Å²) in [6.07, 6.45) is 8.83. The van der Waals surface area contributed by atoms with Crippen LogP contribution in [0.2, 0.25) is 0 Å². The molecule has 0 bridgehead atoms. The van der Waals surface area contributed by atoms with Crippen molar-refractivity contribution < 1.29 is 9.90 Å². The third kappa shape index (κ3) is 1.84. The molecule has 3 atom stereocenters. The minimum Gasteiger partial charge on any atom is -0.395 e. The summed E-state index contributed by atoms with van der Waals surface area (Å²) in [5.74, 6) is 0.930. The monoisotopic (exact) mass is 260 g/mol. The zero-order valence-electron chi connectivity index (χ0n) is 12.0. The Kier molecular flexibility index (Phi) is 3.17. The summed E-state index contributed by atoms with van der Waals surface area (Å²) in [6, 6.07) is 0. The third-order valence-corrected chi connectivity index (χ3v) is 5.70. The number of hydrogen-bond acceptors (Lipinski definition) is 2. The van der Waals surface area contributed by atoms with E-state index in [0.717, 1.165) is 37.7 Å². The quantitative estimate of drug-likeness (QED) is 0.734. The van der Waals surface area contributed by atoms with Crippen LogP contribution in [0.1, 0.15) is 52.4 Å². The Morgan fingerprint density at radius 1 is 1.42 bits per heavy atom. The van der Waals surface area contributed by atoms with E-state index in [-0.39, 0.29) is 17.9 Å². The fraction of sp³-hybridized carbons (Fsp3) is 0.706. The van der Waals surface area contributed by atoms with E-state index in [1.165, 1.54) is 17.6 Å². The Hall–Kier alpha value is -0.890. The second kappa shape index (κ2) is 4.59. The van der Waals surface area contributed by atoms with Gasteiger partial charge in [-0.25, -0.2) is 0 Å². The molecule has 3 aliphatic rings. The molecule has 0 radical (unpaired) electrons. The lowest BCUT2D eigenvalue weighted by Gasteiger charge is -2.48. The molecule has 2 nitrogen and oxygen atoms in total. The summed E-state index contributed by atoms with van der Waals surface area (Å²) in [5.41, 5.74) is 3.88. The standard InChI is InChI=1S/C17H24O2/c1-11-9-14-13(12(2)16(11)19)6-8-17(10-18)7-4-3-5-15(14)17/h5,11,14,18H,3-4,6-10H2,1-2H3/t11?,14-,17+/m0/s1. The van der Waals surface area contributed by atoms with E-state index in [1.807, 2.05) is 6.92 Å². The summed E-state index contributed by atoms with van der Waals surface area (Å²) in [4.78, 5) is 12.2. The van der Waals surface area contributed by atoms with E-state index in [1.54, 1.807) is 0 Å². The van der Waals surface area contributed by atoms with E-state index in [0.29, 0.717) is 11.7 Å². The third-order valence-electron chi connectivity index (χ3n) is 5.70. The van der Waals surface area contributed by atoms with Gasteiger partial charge in [-0.05, 0) is 51.0 Å². The molecule has 3 aliphatic carbocycles. The lowest BCUT2D eigenvalue weighted by atomic mass is 9.56. The number of rotatable bonds is 1. The minimum atomic E-state index is 0.0345. The van der Waals surface area contributed by atoms with Crippen LogP contribution in [0.15, 0.2) is 22.8 Å². The smallest absolute Gasteiger partial charge is 0.161 e. The fourth-order valence-electron chi connectivity index (χ4n) is 4.53. The van der Waals surface area contributed by atoms with Crippen LogP contribution in [-0.2, 0) is 4.79 Å². The van der Waals surface area contributed by atoms with Gasteiger partial charge in [0.05, 0.1) is 6.61 Å². The molecule has 0 spiro atoms. The molecule has 1 saturated carbocycles. The molecule has 1 N–H and O–H groups in total. The molecular weight excluding hydrogens is 236 g/mol. The van der Waals surface area contributed by atoms with Crippen LogP contribution in [-0.4, -0.2) is 17.5 Å². The predicted octanol–water partition coefficient (Wildman–Crippen LogP) is 3.41. The van der Waals surface area contributed by atoms with E-state index in [4.69, 9.17) is 0 Å². The van der Waals surface area contributed by atoms with Crippen molar-refractivity contribution in [2.24, 2.45) is 17.3 Å². The van der Waals surface area contributed by atoms with E-state index in [9.17, 15) is 9.90 Å². The Morgan fingerprint density at radius 3 is 2.95 bits per heavy atom. The number of allylic oxidation sites excluding steroid dienone is 3. The molecule has 0 aromatic rings. The first-order valence-electron chi connectivity index (χ1n) is 7.64. The lowest BCUT2D eigenvalue weighted by molar-refractivity contribution is -0.119. The highest BCUT2D eigenvalue weighted by Gasteiger charge is 2.46. The molecule has 0 saturated heterocycles. The number of fused-ring (bicyclic) bond motifs is 3. The van der Waals surface area contributed by atoms with Gasteiger partial charge < -0.3 is 5.11 Å². The Balaban J connectivity index is 2.06. The predicted molar refractivity (Wildman–Crippen MR) is 75.7 cm³/mol. The van der Waals surface area contributed by atoms with Gasteiger partial charge in [0.25, 0.3) is 0 Å². The van der Waals surface area contributed by atoms with E-state index < -0.39 is 0 Å². The molecule has 0 amide bonds. The second-order valence-electron chi connectivity index (χ2n) is 6.69. The maximum absolute atomic E-state index is 12.2. The van der Waals surface area contributed by atoms with Crippen LogP contribution in [0.5, 0.6) is 0 Å². The maximum atomic E-state index is 12.2. The molecule has 0 aromatic carbocycles. The number of ketones is 1. The summed E-state index contributed by atoms with van der Waals surface area (Å²) < 4.78 is 0. The SMILES string of the molecule is CC1=C2CC[C@@]3(CO)CCCC=C3[C@H]2CC(C)C1=O. The van der Waals surface area contributed by atoms with Crippen LogP contribution in [0.4, 0.5) is 0 Å². The van der Waals surface area contributed by atoms with Gasteiger partial charge in [0.1, 0.15) is 0 Å². The summed E-state index contributed by atoms with van der Waals surface area (Å²) in [5, 5.41) is 9.93. The zero-order chi connectivity index (χ0) is 13.6. The highest BCUT2D eigenvalue weighted by atomic mass is 16.3. The topological polar surface area (TPSA) is 37.3 Å². The van der Waals surface area contributed by atoms with Crippen molar-refractivity contribution in [1.82, 2.24) is 0 Å². The molecule has 0 heterocycles. The van der Waals surface area contributed by atoms with Gasteiger partial charge in [0.15, 0.2) is 5.78 Å². The van der Waals surface area contributed by atoms with Crippen LogP contribution in [0.3, 0.4) is 0 Å². The van der Waals surface area contributed by atoms with Crippen molar-refractivity contribution in [3.05, 3.63) is 22.8 Å². The van der Waals surface area contributed by atoms with Gasteiger partial charge in [-0.2, -0.15) is 0 Å². The number of aliphatic hydroxyl groups is 1. The molecule has 19 heavy (non-hydrogen) atoms. The first-order chi connectivity index (χ1) is 9.09. The van der Waals surface area contributed by atoms with Gasteiger partial charge >= 0.3 is 0 Å². The number of carbonyl (C=O) groups is 1. The van der Waals surface area contributed by atoms with Crippen molar-refractivity contribution in [2.75, 3.05) is 6.61 Å². The van der Waals surface area contributed by atoms with Crippen LogP contribution in [0.25, 0.3) is 0 Å². The molecule has 1 unspecified atom stereocenters. The van der Waals surface area contributed by atoms with Gasteiger partial charge in [0, 0.05) is 17.3 Å². The van der Waals surface area contributed by atoms with Gasteiger partial charge in [-0.3, -0.25) is 4.79 Å². The van der Waals surface area contributed by atoms with Crippen LogP contribution < -0.4 is 0 Å². The van der Waals surface area contributed by atoms with Gasteiger partial charge in [0.2, 0.25) is 0 Å². The normalized spacial score (nSPS) is 38.7. The van der Waals surface area contributed by atoms with Crippen molar-refractivity contribution in [3.8, 4) is 0 Å². The number of aliphatic hydroxyl groups excluding tert-OH is 1. The second-order valence-corrected chi connectivity index (χ2v) is 6.69. The molecule has 0 aromatic heterocycles. The number of hydrogen-bond donors (Lipinski definition) is 1. The molecule has 104 valence electrons. The van der Waals surface area contributed by atoms with Crippen molar-refractivity contribution in [2.45, 2.75) is 52.4 Å². The van der Waals surface area contributed by atoms with Gasteiger partial charge in [-0.1, -0.05) is 24.1 Å². The average Bonchev–Trinajstić information content (AvgIpc) is 2.44. The zero-order valence-corrected chi connectivity index (χ0v) is 12.0. The molecule has 2 heteroatoms. The Morgan fingerprint density at radius 2 is 2.21 bits per heavy atom.